The van der Waals surface area contributed by atoms with Crippen molar-refractivity contribution in [1.29, 1.82) is 0 Å². The summed E-state index contributed by atoms with van der Waals surface area (Å²) in [6.07, 6.45) is 1.55. The summed E-state index contributed by atoms with van der Waals surface area (Å²) in [5, 5.41) is 0.875. The quantitative estimate of drug-likeness (QED) is 0.675. The molecular weight excluding hydrogens is 262 g/mol. The molecule has 0 N–H and O–H groups in total. The van der Waals surface area contributed by atoms with Gasteiger partial charge in [-0.05, 0) is 30.7 Å². The van der Waals surface area contributed by atoms with Crippen molar-refractivity contribution in [2.75, 3.05) is 18.5 Å². The molecule has 0 atom stereocenters. The molecule has 0 saturated heterocycles. The fraction of sp³-hybridized carbons (Fsp3) is 0.167. The van der Waals surface area contributed by atoms with E-state index in [4.69, 9.17) is 4.42 Å². The van der Waals surface area contributed by atoms with Crippen LogP contribution in [0.15, 0.2) is 59.2 Å². The van der Waals surface area contributed by atoms with Crippen molar-refractivity contribution in [2.45, 2.75) is 6.92 Å². The second kappa shape index (κ2) is 5.44. The second-order valence-electron chi connectivity index (χ2n) is 5.26. The van der Waals surface area contributed by atoms with Crippen molar-refractivity contribution >= 4 is 22.4 Å². The number of benzene rings is 2. The molecule has 0 radical (unpaired) electrons. The van der Waals surface area contributed by atoms with Crippen molar-refractivity contribution in [3.63, 3.8) is 0 Å². The lowest BCUT2D eigenvalue weighted by Gasteiger charge is -2.18. The monoisotopic (exact) mass is 279 g/mol. The largest absolute Gasteiger partial charge is 0.464 e. The van der Waals surface area contributed by atoms with Gasteiger partial charge in [-0.2, -0.15) is 0 Å². The molecule has 2 aromatic carbocycles. The first-order chi connectivity index (χ1) is 10.1. The summed E-state index contributed by atoms with van der Waals surface area (Å²) in [7, 11) is 1.93. The minimum Gasteiger partial charge on any atom is -0.464 e. The zero-order valence-electron chi connectivity index (χ0n) is 12.2. The number of furan rings is 1. The van der Waals surface area contributed by atoms with Gasteiger partial charge in [0.05, 0.1) is 12.1 Å². The summed E-state index contributed by atoms with van der Waals surface area (Å²) in [4.78, 5) is 14.4. The van der Waals surface area contributed by atoms with Crippen LogP contribution in [0.5, 0.6) is 0 Å². The maximum atomic E-state index is 12.5. The van der Waals surface area contributed by atoms with E-state index >= 15 is 0 Å². The summed E-state index contributed by atoms with van der Waals surface area (Å²) in [6.45, 7) is 2.37. The van der Waals surface area contributed by atoms with Gasteiger partial charge >= 0.3 is 0 Å². The van der Waals surface area contributed by atoms with Crippen LogP contribution in [0.4, 0.5) is 5.69 Å². The number of hydrogen-bond acceptors (Lipinski definition) is 3. The predicted molar refractivity (Wildman–Crippen MR) is 85.0 cm³/mol. The molecule has 1 aromatic heterocycles. The number of ketones is 1. The van der Waals surface area contributed by atoms with Gasteiger partial charge in [0.25, 0.3) is 0 Å². The molecular formula is C18H17NO2. The van der Waals surface area contributed by atoms with Gasteiger partial charge < -0.3 is 9.32 Å². The maximum absolute atomic E-state index is 12.5. The Hall–Kier alpha value is -2.55. The number of fused-ring (bicyclic) bond motifs is 1. The second-order valence-corrected chi connectivity index (χ2v) is 5.26. The molecule has 0 aliphatic heterocycles. The number of likely N-dealkylation sites (N-methyl/N-ethyl adjacent to an activating group) is 1. The summed E-state index contributed by atoms with van der Waals surface area (Å²) in [5.41, 5.74) is 3.61. The molecule has 0 saturated carbocycles. The van der Waals surface area contributed by atoms with Crippen LogP contribution >= 0.6 is 0 Å². The molecule has 0 bridgehead atoms. The number of rotatable bonds is 4. The molecule has 0 fully saturated rings. The molecule has 3 heteroatoms. The third-order valence-corrected chi connectivity index (χ3v) is 3.60. The van der Waals surface area contributed by atoms with Gasteiger partial charge in [0, 0.05) is 18.1 Å². The van der Waals surface area contributed by atoms with Crippen molar-refractivity contribution in [3.05, 3.63) is 65.9 Å². The fourth-order valence-electron chi connectivity index (χ4n) is 2.45. The van der Waals surface area contributed by atoms with Crippen LogP contribution in [0.1, 0.15) is 15.9 Å². The van der Waals surface area contributed by atoms with E-state index in [1.165, 1.54) is 5.56 Å². The lowest BCUT2D eigenvalue weighted by molar-refractivity contribution is 0.100. The zero-order valence-corrected chi connectivity index (χ0v) is 12.2. The third kappa shape index (κ3) is 2.68. The highest BCUT2D eigenvalue weighted by atomic mass is 16.3. The van der Waals surface area contributed by atoms with Crippen LogP contribution in [-0.4, -0.2) is 19.4 Å². The number of hydrogen-bond donors (Lipinski definition) is 0. The lowest BCUT2D eigenvalue weighted by Crippen LogP contribution is -2.25. The average Bonchev–Trinajstić information content (AvgIpc) is 2.91. The molecule has 0 unspecified atom stereocenters. The van der Waals surface area contributed by atoms with Crippen molar-refractivity contribution in [2.24, 2.45) is 0 Å². The predicted octanol–water partition coefficient (Wildman–Crippen LogP) is 4.06. The van der Waals surface area contributed by atoms with E-state index < -0.39 is 0 Å². The van der Waals surface area contributed by atoms with Gasteiger partial charge in [-0.1, -0.05) is 30.3 Å². The highest BCUT2D eigenvalue weighted by molar-refractivity contribution is 6.08. The Kier molecular flexibility index (Phi) is 3.48. The van der Waals surface area contributed by atoms with Crippen LogP contribution in [0.2, 0.25) is 0 Å². The summed E-state index contributed by atoms with van der Waals surface area (Å²) in [6, 6.07) is 15.7. The van der Waals surface area contributed by atoms with Crippen LogP contribution < -0.4 is 4.90 Å². The SMILES string of the molecule is Cc1cccc(N(C)CC(=O)c2coc3ccccc23)c1. The molecule has 1 heterocycles. The number of para-hydroxylation sites is 1. The van der Waals surface area contributed by atoms with Gasteiger partial charge in [-0.25, -0.2) is 0 Å². The van der Waals surface area contributed by atoms with Crippen molar-refractivity contribution in [3.8, 4) is 0 Å². The number of Topliss-reactive ketones (excluding diaryl/α,β-unsaturated/α-hetero) is 1. The Morgan fingerprint density at radius 2 is 1.95 bits per heavy atom. The summed E-state index contributed by atoms with van der Waals surface area (Å²) < 4.78 is 5.44. The van der Waals surface area contributed by atoms with Crippen LogP contribution in [-0.2, 0) is 0 Å². The molecule has 0 aliphatic rings. The van der Waals surface area contributed by atoms with E-state index in [2.05, 4.69) is 6.07 Å². The minimum absolute atomic E-state index is 0.0592. The lowest BCUT2D eigenvalue weighted by atomic mass is 10.1. The smallest absolute Gasteiger partial charge is 0.185 e. The average molecular weight is 279 g/mol. The normalized spacial score (nSPS) is 10.8. The Morgan fingerprint density at radius 3 is 2.76 bits per heavy atom. The molecule has 3 aromatic rings. The van der Waals surface area contributed by atoms with E-state index in [9.17, 15) is 4.79 Å². The summed E-state index contributed by atoms with van der Waals surface area (Å²) >= 11 is 0. The fourth-order valence-corrected chi connectivity index (χ4v) is 2.45. The van der Waals surface area contributed by atoms with Gasteiger partial charge in [0.2, 0.25) is 0 Å². The minimum atomic E-state index is 0.0592. The highest BCUT2D eigenvalue weighted by Crippen LogP contribution is 2.22. The Labute approximate surface area is 123 Å². The zero-order chi connectivity index (χ0) is 14.8. The van der Waals surface area contributed by atoms with Gasteiger partial charge in [0.15, 0.2) is 5.78 Å². The van der Waals surface area contributed by atoms with Crippen molar-refractivity contribution in [1.82, 2.24) is 0 Å². The summed E-state index contributed by atoms with van der Waals surface area (Å²) in [5.74, 6) is 0.0592. The number of carbonyl (C=O) groups is 1. The van der Waals surface area contributed by atoms with E-state index in [1.54, 1.807) is 6.26 Å². The number of anilines is 1. The van der Waals surface area contributed by atoms with Gasteiger partial charge in [-0.3, -0.25) is 4.79 Å². The molecule has 0 spiro atoms. The molecule has 106 valence electrons. The Balaban J connectivity index is 1.83. The molecule has 0 amide bonds. The van der Waals surface area contributed by atoms with E-state index in [0.717, 1.165) is 16.7 Å². The van der Waals surface area contributed by atoms with Crippen LogP contribution in [0.3, 0.4) is 0 Å². The van der Waals surface area contributed by atoms with Crippen LogP contribution in [0, 0.1) is 6.92 Å². The molecule has 21 heavy (non-hydrogen) atoms. The Bertz CT molecular complexity index is 789. The highest BCUT2D eigenvalue weighted by Gasteiger charge is 2.15. The van der Waals surface area contributed by atoms with Crippen molar-refractivity contribution < 1.29 is 9.21 Å². The topological polar surface area (TPSA) is 33.5 Å². The van der Waals surface area contributed by atoms with E-state index in [-0.39, 0.29) is 5.78 Å². The first-order valence-corrected chi connectivity index (χ1v) is 6.92. The standard InChI is InChI=1S/C18H17NO2/c1-13-6-5-7-14(10-13)19(2)11-17(20)16-12-21-18-9-4-3-8-15(16)18/h3-10,12H,11H2,1-2H3. The first-order valence-electron chi connectivity index (χ1n) is 6.92. The number of aryl methyl sites for hydroxylation is 1. The first kappa shape index (κ1) is 13.4. The molecule has 3 rings (SSSR count). The van der Waals surface area contributed by atoms with Gasteiger partial charge in [-0.15, -0.1) is 0 Å². The van der Waals surface area contributed by atoms with Crippen LogP contribution in [0.25, 0.3) is 11.0 Å². The number of carbonyl (C=O) groups excluding carboxylic acids is 1. The number of nitrogens with zero attached hydrogens (tertiary/aromatic N) is 1. The van der Waals surface area contributed by atoms with E-state index in [0.29, 0.717) is 12.1 Å². The molecule has 0 aliphatic carbocycles. The molecule has 3 nitrogen and oxygen atoms in total. The maximum Gasteiger partial charge on any atom is 0.185 e. The third-order valence-electron chi connectivity index (χ3n) is 3.60. The Morgan fingerprint density at radius 1 is 1.14 bits per heavy atom. The van der Waals surface area contributed by atoms with Gasteiger partial charge in [0.1, 0.15) is 11.8 Å². The van der Waals surface area contributed by atoms with E-state index in [1.807, 2.05) is 61.3 Å².